The summed E-state index contributed by atoms with van der Waals surface area (Å²) in [4.78, 5) is 21.0. The number of carbonyl (C=O) groups is 1. The van der Waals surface area contributed by atoms with Gasteiger partial charge in [-0.2, -0.15) is 0 Å². The lowest BCUT2D eigenvalue weighted by atomic mass is 10.2. The second-order valence-corrected chi connectivity index (χ2v) is 8.40. The van der Waals surface area contributed by atoms with Crippen LogP contribution in [0.2, 0.25) is 0 Å². The lowest BCUT2D eigenvalue weighted by Crippen LogP contribution is -2.34. The standard InChI is InChI=1S/C19H18N6OS2/c1-13(17(26)22-18-21-10-11-27-18)28-19-24-23-16(14-6-5-9-20-12-14)25(19)15-7-3-2-4-8-15/h2-9,12-13H,10-11H2,1H3,(H,21,22,26). The van der Waals surface area contributed by atoms with Crippen molar-refractivity contribution in [3.05, 3.63) is 54.9 Å². The van der Waals surface area contributed by atoms with E-state index in [0.29, 0.717) is 16.1 Å². The van der Waals surface area contributed by atoms with Gasteiger partial charge >= 0.3 is 0 Å². The van der Waals surface area contributed by atoms with Gasteiger partial charge in [0.2, 0.25) is 5.91 Å². The van der Waals surface area contributed by atoms with Gasteiger partial charge < -0.3 is 5.32 Å². The number of amides is 1. The third kappa shape index (κ3) is 4.10. The van der Waals surface area contributed by atoms with E-state index in [-0.39, 0.29) is 11.2 Å². The predicted octanol–water partition coefficient (Wildman–Crippen LogP) is 3.03. The minimum absolute atomic E-state index is 0.0938. The van der Waals surface area contributed by atoms with Gasteiger partial charge in [0, 0.05) is 29.4 Å². The van der Waals surface area contributed by atoms with Gasteiger partial charge in [-0.1, -0.05) is 41.7 Å². The Hall–Kier alpha value is -2.65. The van der Waals surface area contributed by atoms with Gasteiger partial charge in [0.25, 0.3) is 0 Å². The number of rotatable bonds is 5. The molecule has 9 heteroatoms. The zero-order chi connectivity index (χ0) is 19.3. The van der Waals surface area contributed by atoms with Crippen LogP contribution in [0.15, 0.2) is 65.0 Å². The molecule has 142 valence electrons. The Balaban J connectivity index is 1.63. The summed E-state index contributed by atoms with van der Waals surface area (Å²) in [6.07, 6.45) is 3.47. The summed E-state index contributed by atoms with van der Waals surface area (Å²) in [5.74, 6) is 1.50. The fourth-order valence-corrected chi connectivity index (χ4v) is 4.27. The Kier molecular flexibility index (Phi) is 5.73. The van der Waals surface area contributed by atoms with Crippen LogP contribution in [-0.2, 0) is 4.79 Å². The van der Waals surface area contributed by atoms with E-state index in [2.05, 4.69) is 25.5 Å². The maximum atomic E-state index is 12.5. The van der Waals surface area contributed by atoms with E-state index >= 15 is 0 Å². The Morgan fingerprint density at radius 3 is 2.79 bits per heavy atom. The SMILES string of the molecule is CC(Sc1nnc(-c2cccnc2)n1-c1ccccc1)C(=O)NC1=NCCS1. The highest BCUT2D eigenvalue weighted by atomic mass is 32.2. The largest absolute Gasteiger partial charge is 0.304 e. The van der Waals surface area contributed by atoms with Gasteiger partial charge in [-0.05, 0) is 31.2 Å². The second-order valence-electron chi connectivity index (χ2n) is 6.00. The number of nitrogens with zero attached hydrogens (tertiary/aromatic N) is 5. The lowest BCUT2D eigenvalue weighted by molar-refractivity contribution is -0.118. The fourth-order valence-electron chi connectivity index (χ4n) is 2.67. The molecular weight excluding hydrogens is 392 g/mol. The monoisotopic (exact) mass is 410 g/mol. The fraction of sp³-hybridized carbons (Fsp3) is 0.211. The maximum Gasteiger partial charge on any atom is 0.239 e. The molecule has 4 rings (SSSR count). The van der Waals surface area contributed by atoms with Crippen molar-refractivity contribution in [3.63, 3.8) is 0 Å². The number of para-hydroxylation sites is 1. The van der Waals surface area contributed by atoms with Crippen LogP contribution in [-0.4, -0.2) is 48.4 Å². The van der Waals surface area contributed by atoms with E-state index in [1.165, 1.54) is 11.8 Å². The van der Waals surface area contributed by atoms with E-state index in [4.69, 9.17) is 0 Å². The second kappa shape index (κ2) is 8.57. The number of benzene rings is 1. The van der Waals surface area contributed by atoms with E-state index in [1.54, 1.807) is 24.2 Å². The Morgan fingerprint density at radius 1 is 1.21 bits per heavy atom. The Labute approximate surface area is 171 Å². The maximum absolute atomic E-state index is 12.5. The lowest BCUT2D eigenvalue weighted by Gasteiger charge is -2.13. The van der Waals surface area contributed by atoms with E-state index in [0.717, 1.165) is 23.5 Å². The van der Waals surface area contributed by atoms with Gasteiger partial charge in [-0.15, -0.1) is 10.2 Å². The molecule has 1 aliphatic heterocycles. The normalized spacial score (nSPS) is 14.5. The van der Waals surface area contributed by atoms with Crippen molar-refractivity contribution in [1.29, 1.82) is 0 Å². The highest BCUT2D eigenvalue weighted by Gasteiger charge is 2.23. The third-order valence-corrected chi connectivity index (χ3v) is 5.97. The van der Waals surface area contributed by atoms with Gasteiger partial charge in [0.05, 0.1) is 11.8 Å². The quantitative estimate of drug-likeness (QED) is 0.651. The molecule has 1 aromatic carbocycles. The van der Waals surface area contributed by atoms with Gasteiger partial charge in [-0.25, -0.2) is 0 Å². The van der Waals surface area contributed by atoms with Crippen molar-refractivity contribution in [2.75, 3.05) is 12.3 Å². The molecule has 0 saturated carbocycles. The third-order valence-electron chi connectivity index (χ3n) is 4.03. The van der Waals surface area contributed by atoms with Crippen molar-refractivity contribution in [2.24, 2.45) is 4.99 Å². The number of hydrogen-bond donors (Lipinski definition) is 1. The van der Waals surface area contributed by atoms with Crippen molar-refractivity contribution in [1.82, 2.24) is 25.1 Å². The van der Waals surface area contributed by atoms with Gasteiger partial charge in [0.15, 0.2) is 16.1 Å². The highest BCUT2D eigenvalue weighted by molar-refractivity contribution is 8.14. The number of pyridine rings is 1. The molecule has 0 radical (unpaired) electrons. The van der Waals surface area contributed by atoms with Crippen molar-refractivity contribution < 1.29 is 4.79 Å². The molecule has 1 N–H and O–H groups in total. The molecule has 1 amide bonds. The number of amidine groups is 1. The molecule has 1 atom stereocenters. The molecule has 3 aromatic rings. The number of aromatic nitrogens is 4. The van der Waals surface area contributed by atoms with Crippen LogP contribution in [0.25, 0.3) is 17.1 Å². The van der Waals surface area contributed by atoms with Crippen molar-refractivity contribution in [3.8, 4) is 17.1 Å². The van der Waals surface area contributed by atoms with Crippen LogP contribution in [0, 0.1) is 0 Å². The zero-order valence-electron chi connectivity index (χ0n) is 15.1. The first-order chi connectivity index (χ1) is 13.7. The smallest absolute Gasteiger partial charge is 0.239 e. The van der Waals surface area contributed by atoms with Crippen molar-refractivity contribution >= 4 is 34.6 Å². The molecular formula is C19H18N6OS2. The predicted molar refractivity (Wildman–Crippen MR) is 113 cm³/mol. The molecule has 7 nitrogen and oxygen atoms in total. The summed E-state index contributed by atoms with van der Waals surface area (Å²) < 4.78 is 1.95. The van der Waals surface area contributed by atoms with E-state index in [9.17, 15) is 4.79 Å². The summed E-state index contributed by atoms with van der Waals surface area (Å²) in [6.45, 7) is 2.60. The van der Waals surface area contributed by atoms with Crippen LogP contribution in [0.3, 0.4) is 0 Å². The van der Waals surface area contributed by atoms with Crippen molar-refractivity contribution in [2.45, 2.75) is 17.3 Å². The summed E-state index contributed by atoms with van der Waals surface area (Å²) in [5, 5.41) is 12.6. The number of thioether (sulfide) groups is 2. The van der Waals surface area contributed by atoms with Crippen LogP contribution in [0.1, 0.15) is 6.92 Å². The minimum Gasteiger partial charge on any atom is -0.304 e. The topological polar surface area (TPSA) is 85.1 Å². The Bertz CT molecular complexity index is 990. The molecule has 0 bridgehead atoms. The summed E-state index contributed by atoms with van der Waals surface area (Å²) >= 11 is 2.93. The van der Waals surface area contributed by atoms with Crippen LogP contribution < -0.4 is 5.32 Å². The van der Waals surface area contributed by atoms with Crippen LogP contribution in [0.4, 0.5) is 0 Å². The number of carbonyl (C=O) groups excluding carboxylic acids is 1. The average Bonchev–Trinajstić information content (AvgIpc) is 3.39. The molecule has 0 fully saturated rings. The molecule has 0 saturated heterocycles. The van der Waals surface area contributed by atoms with Gasteiger partial charge in [0.1, 0.15) is 0 Å². The first-order valence-electron chi connectivity index (χ1n) is 8.78. The first kappa shape index (κ1) is 18.7. The molecule has 28 heavy (non-hydrogen) atoms. The van der Waals surface area contributed by atoms with Crippen LogP contribution >= 0.6 is 23.5 Å². The summed E-state index contributed by atoms with van der Waals surface area (Å²) in [7, 11) is 0. The van der Waals surface area contributed by atoms with Gasteiger partial charge in [-0.3, -0.25) is 19.3 Å². The van der Waals surface area contributed by atoms with Crippen LogP contribution in [0.5, 0.6) is 0 Å². The zero-order valence-corrected chi connectivity index (χ0v) is 16.8. The minimum atomic E-state index is -0.350. The molecule has 1 unspecified atom stereocenters. The number of aliphatic imine (C=N–C) groups is 1. The first-order valence-corrected chi connectivity index (χ1v) is 10.6. The Morgan fingerprint density at radius 2 is 2.07 bits per heavy atom. The number of hydrogen-bond acceptors (Lipinski definition) is 7. The highest BCUT2D eigenvalue weighted by Crippen LogP contribution is 2.30. The molecule has 0 spiro atoms. The molecule has 2 aromatic heterocycles. The average molecular weight is 411 g/mol. The molecule has 1 aliphatic rings. The molecule has 3 heterocycles. The number of nitrogens with one attached hydrogen (secondary N) is 1. The molecule has 0 aliphatic carbocycles. The van der Waals surface area contributed by atoms with E-state index in [1.807, 2.05) is 54.0 Å². The summed E-state index contributed by atoms with van der Waals surface area (Å²) in [6, 6.07) is 13.7. The summed E-state index contributed by atoms with van der Waals surface area (Å²) in [5.41, 5.74) is 1.79. The van der Waals surface area contributed by atoms with E-state index < -0.39 is 0 Å².